The Bertz CT molecular complexity index is 532. The molecule has 0 aromatic heterocycles. The third-order valence-corrected chi connectivity index (χ3v) is 3.82. The molecule has 0 atom stereocenters. The van der Waals surface area contributed by atoms with E-state index in [0.29, 0.717) is 6.04 Å². The molecule has 1 fully saturated rings. The number of rotatable bonds is 4. The smallest absolute Gasteiger partial charge is 0.150 e. The van der Waals surface area contributed by atoms with Gasteiger partial charge in [0.25, 0.3) is 0 Å². The van der Waals surface area contributed by atoms with Gasteiger partial charge in [0.15, 0.2) is 5.75 Å². The highest BCUT2D eigenvalue weighted by atomic mass is 16.5. The van der Waals surface area contributed by atoms with Gasteiger partial charge in [0.05, 0.1) is 5.69 Å². The maximum atomic E-state index is 5.99. The Kier molecular flexibility index (Phi) is 4.22. The Morgan fingerprint density at radius 1 is 0.800 bits per heavy atom. The van der Waals surface area contributed by atoms with Gasteiger partial charge in [-0.3, -0.25) is 0 Å². The lowest BCUT2D eigenvalue weighted by molar-refractivity contribution is 0.455. The van der Waals surface area contributed by atoms with Crippen LogP contribution in [0.1, 0.15) is 32.1 Å². The molecule has 1 saturated carbocycles. The van der Waals surface area contributed by atoms with Crippen LogP contribution in [0.25, 0.3) is 0 Å². The predicted octanol–water partition coefficient (Wildman–Crippen LogP) is 5.22. The number of hydrogen-bond donors (Lipinski definition) is 1. The quantitative estimate of drug-likeness (QED) is 0.819. The topological polar surface area (TPSA) is 21.3 Å². The third kappa shape index (κ3) is 3.32. The standard InChI is InChI=1S/C18H21NO/c1-3-9-15(10-4-1)19-17-13-7-8-14-18(17)20-16-11-5-2-6-12-16/h2,5-8,11-15,19H,1,3-4,9-10H2. The summed E-state index contributed by atoms with van der Waals surface area (Å²) in [5, 5.41) is 3.64. The van der Waals surface area contributed by atoms with Crippen LogP contribution >= 0.6 is 0 Å². The van der Waals surface area contributed by atoms with Gasteiger partial charge in [0, 0.05) is 6.04 Å². The highest BCUT2D eigenvalue weighted by molar-refractivity contribution is 5.58. The number of anilines is 1. The molecule has 0 amide bonds. The van der Waals surface area contributed by atoms with Gasteiger partial charge in [-0.25, -0.2) is 0 Å². The zero-order valence-electron chi connectivity index (χ0n) is 11.7. The summed E-state index contributed by atoms with van der Waals surface area (Å²) >= 11 is 0. The predicted molar refractivity (Wildman–Crippen MR) is 83.5 cm³/mol. The first-order chi connectivity index (χ1) is 9.92. The molecule has 0 saturated heterocycles. The minimum absolute atomic E-state index is 0.587. The first kappa shape index (κ1) is 13.0. The zero-order valence-corrected chi connectivity index (χ0v) is 11.7. The first-order valence-corrected chi connectivity index (χ1v) is 7.50. The normalized spacial score (nSPS) is 15.8. The van der Waals surface area contributed by atoms with Crippen molar-refractivity contribution >= 4 is 5.69 Å². The molecule has 2 heteroatoms. The second-order valence-corrected chi connectivity index (χ2v) is 5.39. The van der Waals surface area contributed by atoms with Crippen molar-refractivity contribution in [2.45, 2.75) is 38.1 Å². The summed E-state index contributed by atoms with van der Waals surface area (Å²) in [7, 11) is 0. The van der Waals surface area contributed by atoms with Crippen molar-refractivity contribution in [1.82, 2.24) is 0 Å². The van der Waals surface area contributed by atoms with Crippen molar-refractivity contribution in [3.63, 3.8) is 0 Å². The lowest BCUT2D eigenvalue weighted by Crippen LogP contribution is -2.22. The first-order valence-electron chi connectivity index (χ1n) is 7.50. The van der Waals surface area contributed by atoms with Crippen LogP contribution in [0.5, 0.6) is 11.5 Å². The summed E-state index contributed by atoms with van der Waals surface area (Å²) in [5.41, 5.74) is 1.10. The molecule has 0 aliphatic heterocycles. The van der Waals surface area contributed by atoms with Crippen molar-refractivity contribution in [3.05, 3.63) is 54.6 Å². The van der Waals surface area contributed by atoms with E-state index < -0.39 is 0 Å². The molecule has 1 aliphatic rings. The second kappa shape index (κ2) is 6.47. The molecule has 0 radical (unpaired) electrons. The molecule has 1 aliphatic carbocycles. The van der Waals surface area contributed by atoms with E-state index in [0.717, 1.165) is 17.2 Å². The van der Waals surface area contributed by atoms with Gasteiger partial charge >= 0.3 is 0 Å². The minimum Gasteiger partial charge on any atom is -0.455 e. The fourth-order valence-electron chi connectivity index (χ4n) is 2.76. The van der Waals surface area contributed by atoms with Crippen LogP contribution in [0, 0.1) is 0 Å². The van der Waals surface area contributed by atoms with Crippen LogP contribution in [0.2, 0.25) is 0 Å². The Balaban J connectivity index is 1.74. The summed E-state index contributed by atoms with van der Waals surface area (Å²) in [5.74, 6) is 1.79. The van der Waals surface area contributed by atoms with E-state index in [2.05, 4.69) is 17.4 Å². The molecule has 2 aromatic carbocycles. The van der Waals surface area contributed by atoms with Crippen LogP contribution in [0.4, 0.5) is 5.69 Å². The SMILES string of the molecule is c1ccc(Oc2ccccc2NC2CCCCC2)cc1. The molecule has 0 heterocycles. The maximum Gasteiger partial charge on any atom is 0.150 e. The molecule has 2 nitrogen and oxygen atoms in total. The highest BCUT2D eigenvalue weighted by Crippen LogP contribution is 2.31. The Labute approximate surface area is 120 Å². The monoisotopic (exact) mass is 267 g/mol. The van der Waals surface area contributed by atoms with Crippen molar-refractivity contribution in [2.75, 3.05) is 5.32 Å². The van der Waals surface area contributed by atoms with Gasteiger partial charge in [-0.1, -0.05) is 49.6 Å². The molecule has 0 unspecified atom stereocenters. The number of ether oxygens (including phenoxy) is 1. The molecule has 2 aromatic rings. The minimum atomic E-state index is 0.587. The lowest BCUT2D eigenvalue weighted by Gasteiger charge is -2.25. The molecule has 20 heavy (non-hydrogen) atoms. The van der Waals surface area contributed by atoms with E-state index in [-0.39, 0.29) is 0 Å². The Morgan fingerprint density at radius 3 is 2.30 bits per heavy atom. The zero-order chi connectivity index (χ0) is 13.6. The van der Waals surface area contributed by atoms with Crippen molar-refractivity contribution < 1.29 is 4.74 Å². The Morgan fingerprint density at radius 2 is 1.50 bits per heavy atom. The van der Waals surface area contributed by atoms with Gasteiger partial charge in [0.1, 0.15) is 5.75 Å². The summed E-state index contributed by atoms with van der Waals surface area (Å²) in [6, 6.07) is 18.7. The summed E-state index contributed by atoms with van der Waals surface area (Å²) < 4.78 is 5.99. The third-order valence-electron chi connectivity index (χ3n) is 3.82. The van der Waals surface area contributed by atoms with E-state index in [4.69, 9.17) is 4.74 Å². The van der Waals surface area contributed by atoms with Gasteiger partial charge in [0.2, 0.25) is 0 Å². The largest absolute Gasteiger partial charge is 0.455 e. The molecule has 3 rings (SSSR count). The number of para-hydroxylation sites is 3. The highest BCUT2D eigenvalue weighted by Gasteiger charge is 2.14. The molecule has 1 N–H and O–H groups in total. The maximum absolute atomic E-state index is 5.99. The van der Waals surface area contributed by atoms with Crippen LogP contribution in [-0.2, 0) is 0 Å². The van der Waals surface area contributed by atoms with E-state index >= 15 is 0 Å². The van der Waals surface area contributed by atoms with E-state index in [1.807, 2.05) is 42.5 Å². The average Bonchev–Trinajstić information content (AvgIpc) is 2.51. The van der Waals surface area contributed by atoms with E-state index in [1.165, 1.54) is 32.1 Å². The van der Waals surface area contributed by atoms with E-state index in [1.54, 1.807) is 0 Å². The molecule has 0 bridgehead atoms. The molecular formula is C18H21NO. The number of benzene rings is 2. The lowest BCUT2D eigenvalue weighted by atomic mass is 9.95. The fourth-order valence-corrected chi connectivity index (χ4v) is 2.76. The number of nitrogens with one attached hydrogen (secondary N) is 1. The van der Waals surface area contributed by atoms with Gasteiger partial charge in [-0.15, -0.1) is 0 Å². The van der Waals surface area contributed by atoms with Crippen LogP contribution in [0.3, 0.4) is 0 Å². The molecule has 0 spiro atoms. The van der Waals surface area contributed by atoms with Crippen LogP contribution in [-0.4, -0.2) is 6.04 Å². The summed E-state index contributed by atoms with van der Waals surface area (Å²) in [4.78, 5) is 0. The molecule has 104 valence electrons. The summed E-state index contributed by atoms with van der Waals surface area (Å²) in [6.07, 6.45) is 6.57. The fraction of sp³-hybridized carbons (Fsp3) is 0.333. The number of hydrogen-bond acceptors (Lipinski definition) is 2. The van der Waals surface area contributed by atoms with Crippen LogP contribution < -0.4 is 10.1 Å². The molecular weight excluding hydrogens is 246 g/mol. The summed E-state index contributed by atoms with van der Waals surface area (Å²) in [6.45, 7) is 0. The second-order valence-electron chi connectivity index (χ2n) is 5.39. The van der Waals surface area contributed by atoms with E-state index in [9.17, 15) is 0 Å². The van der Waals surface area contributed by atoms with Gasteiger partial charge < -0.3 is 10.1 Å². The van der Waals surface area contributed by atoms with Crippen molar-refractivity contribution in [3.8, 4) is 11.5 Å². The van der Waals surface area contributed by atoms with Crippen molar-refractivity contribution in [2.24, 2.45) is 0 Å². The van der Waals surface area contributed by atoms with Gasteiger partial charge in [-0.2, -0.15) is 0 Å². The average molecular weight is 267 g/mol. The van der Waals surface area contributed by atoms with Crippen LogP contribution in [0.15, 0.2) is 54.6 Å². The van der Waals surface area contributed by atoms with Gasteiger partial charge in [-0.05, 0) is 37.1 Å². The van der Waals surface area contributed by atoms with Crippen molar-refractivity contribution in [1.29, 1.82) is 0 Å². The Hall–Kier alpha value is -1.96.